The summed E-state index contributed by atoms with van der Waals surface area (Å²) in [5.74, 6) is 0.329. The Bertz CT molecular complexity index is 621. The maximum atomic E-state index is 10.1. The van der Waals surface area contributed by atoms with Crippen LogP contribution in [-0.2, 0) is 0 Å². The van der Waals surface area contributed by atoms with Crippen LogP contribution in [0.5, 0.6) is 5.75 Å². The van der Waals surface area contributed by atoms with Gasteiger partial charge in [-0.3, -0.25) is 0 Å². The fourth-order valence-corrected chi connectivity index (χ4v) is 2.18. The van der Waals surface area contributed by atoms with Gasteiger partial charge in [-0.1, -0.05) is 60.7 Å². The molecule has 1 aliphatic carbocycles. The molecule has 0 saturated carbocycles. The molecule has 2 aromatic carbocycles. The highest BCUT2D eigenvalue weighted by Gasteiger charge is 2.11. The highest BCUT2D eigenvalue weighted by molar-refractivity contribution is 5.87. The van der Waals surface area contributed by atoms with Crippen LogP contribution in [0.2, 0.25) is 0 Å². The highest BCUT2D eigenvalue weighted by atomic mass is 16.3. The molecule has 0 spiro atoms. The summed E-state index contributed by atoms with van der Waals surface area (Å²) in [6.07, 6.45) is 8.09. The van der Waals surface area contributed by atoms with Crippen molar-refractivity contribution >= 4 is 12.2 Å². The van der Waals surface area contributed by atoms with Crippen LogP contribution in [0.4, 0.5) is 0 Å². The maximum absolute atomic E-state index is 10.1. The van der Waals surface area contributed by atoms with Gasteiger partial charge in [0, 0.05) is 5.56 Å². The summed E-state index contributed by atoms with van der Waals surface area (Å²) in [5.41, 5.74) is 4.14. The number of hydrogen-bond donors (Lipinski definition) is 1. The van der Waals surface area contributed by atoms with Gasteiger partial charge in [0.1, 0.15) is 5.75 Å². The number of hydrogen-bond acceptors (Lipinski definition) is 1. The first-order valence-corrected chi connectivity index (χ1v) is 5.62. The Morgan fingerprint density at radius 2 is 1.41 bits per heavy atom. The van der Waals surface area contributed by atoms with Crippen molar-refractivity contribution in [3.05, 3.63) is 65.7 Å². The first-order valence-electron chi connectivity index (χ1n) is 5.62. The van der Waals surface area contributed by atoms with E-state index in [-0.39, 0.29) is 0 Å². The lowest BCUT2D eigenvalue weighted by Gasteiger charge is -2.13. The first kappa shape index (κ1) is 9.91. The zero-order valence-electron chi connectivity index (χ0n) is 9.30. The SMILES string of the molecule is Oc1cccc2c1-c1ccccc1/C=C\C=C/2. The van der Waals surface area contributed by atoms with Crippen molar-refractivity contribution in [2.45, 2.75) is 0 Å². The molecule has 0 aromatic heterocycles. The molecule has 0 bridgehead atoms. The van der Waals surface area contributed by atoms with E-state index in [0.29, 0.717) is 5.75 Å². The average Bonchev–Trinajstić information content (AvgIpc) is 2.32. The fraction of sp³-hybridized carbons (Fsp3) is 0. The van der Waals surface area contributed by atoms with E-state index < -0.39 is 0 Å². The molecule has 0 saturated heterocycles. The number of rotatable bonds is 0. The highest BCUT2D eigenvalue weighted by Crippen LogP contribution is 2.36. The van der Waals surface area contributed by atoms with Gasteiger partial charge >= 0.3 is 0 Å². The molecule has 3 rings (SSSR count). The zero-order valence-corrected chi connectivity index (χ0v) is 9.30. The van der Waals surface area contributed by atoms with Crippen LogP contribution in [0.1, 0.15) is 11.1 Å². The quantitative estimate of drug-likeness (QED) is 0.708. The van der Waals surface area contributed by atoms with Crippen LogP contribution < -0.4 is 0 Å². The number of phenolic OH excluding ortho intramolecular Hbond substituents is 1. The second-order valence-electron chi connectivity index (χ2n) is 4.05. The van der Waals surface area contributed by atoms with Gasteiger partial charge in [0.2, 0.25) is 0 Å². The summed E-state index contributed by atoms with van der Waals surface area (Å²) >= 11 is 0. The van der Waals surface area contributed by atoms with Gasteiger partial charge in [0.05, 0.1) is 0 Å². The zero-order chi connectivity index (χ0) is 11.7. The Morgan fingerprint density at radius 3 is 2.29 bits per heavy atom. The number of aromatic hydroxyl groups is 1. The molecule has 17 heavy (non-hydrogen) atoms. The van der Waals surface area contributed by atoms with Crippen molar-refractivity contribution in [2.24, 2.45) is 0 Å². The lowest BCUT2D eigenvalue weighted by molar-refractivity contribution is 0.477. The molecule has 1 heteroatoms. The van der Waals surface area contributed by atoms with E-state index >= 15 is 0 Å². The van der Waals surface area contributed by atoms with E-state index in [1.165, 1.54) is 0 Å². The molecule has 1 nitrogen and oxygen atoms in total. The third-order valence-corrected chi connectivity index (χ3v) is 2.97. The first-order chi connectivity index (χ1) is 8.36. The average molecular weight is 220 g/mol. The van der Waals surface area contributed by atoms with Crippen LogP contribution in [-0.4, -0.2) is 5.11 Å². The van der Waals surface area contributed by atoms with Crippen molar-refractivity contribution in [1.82, 2.24) is 0 Å². The Hall–Kier alpha value is -2.28. The lowest BCUT2D eigenvalue weighted by Crippen LogP contribution is -1.89. The predicted octanol–water partition coefficient (Wildman–Crippen LogP) is 4.10. The van der Waals surface area contributed by atoms with Gasteiger partial charge in [-0.15, -0.1) is 0 Å². The molecule has 82 valence electrons. The molecule has 0 aliphatic heterocycles. The standard InChI is InChI=1S/C16H12O/c17-15-11-5-9-13-8-2-1-6-12-7-3-4-10-14(12)16(13)15/h1-11,17H/b2-1?,6-1-,8-2-,12-6?,13-8?,16-14?. The molecule has 0 radical (unpaired) electrons. The van der Waals surface area contributed by atoms with Crippen LogP contribution in [0.15, 0.2) is 54.6 Å². The van der Waals surface area contributed by atoms with E-state index in [1.807, 2.05) is 48.6 Å². The van der Waals surface area contributed by atoms with E-state index in [9.17, 15) is 5.11 Å². The molecule has 0 unspecified atom stereocenters. The van der Waals surface area contributed by atoms with Crippen molar-refractivity contribution in [3.8, 4) is 16.9 Å². The van der Waals surface area contributed by atoms with Crippen molar-refractivity contribution in [3.63, 3.8) is 0 Å². The molecule has 0 heterocycles. The molecule has 1 aliphatic rings. The second-order valence-corrected chi connectivity index (χ2v) is 4.05. The van der Waals surface area contributed by atoms with Crippen LogP contribution in [0.25, 0.3) is 23.3 Å². The van der Waals surface area contributed by atoms with Crippen LogP contribution >= 0.6 is 0 Å². The topological polar surface area (TPSA) is 20.2 Å². The van der Waals surface area contributed by atoms with E-state index in [0.717, 1.165) is 22.3 Å². The monoisotopic (exact) mass is 220 g/mol. The molecule has 0 amide bonds. The van der Waals surface area contributed by atoms with Gasteiger partial charge in [0.15, 0.2) is 0 Å². The summed E-state index contributed by atoms with van der Waals surface area (Å²) in [6, 6.07) is 13.7. The molecule has 1 N–H and O–H groups in total. The molecule has 0 fully saturated rings. The molecule has 2 aromatic rings. The summed E-state index contributed by atoms with van der Waals surface area (Å²) in [5, 5.41) is 10.1. The minimum Gasteiger partial charge on any atom is -0.507 e. The van der Waals surface area contributed by atoms with Gasteiger partial charge < -0.3 is 5.11 Å². The Balaban J connectivity index is 2.39. The van der Waals surface area contributed by atoms with E-state index in [2.05, 4.69) is 12.1 Å². The summed E-state index contributed by atoms with van der Waals surface area (Å²) in [7, 11) is 0. The second kappa shape index (κ2) is 3.95. The minimum atomic E-state index is 0.329. The third-order valence-electron chi connectivity index (χ3n) is 2.97. The van der Waals surface area contributed by atoms with E-state index in [1.54, 1.807) is 6.07 Å². The van der Waals surface area contributed by atoms with Gasteiger partial charge in [-0.2, -0.15) is 0 Å². The Labute approximate surface area is 100 Å². The normalized spacial score (nSPS) is 16.2. The van der Waals surface area contributed by atoms with Crippen LogP contribution in [0, 0.1) is 0 Å². The number of fused-ring (bicyclic) bond motifs is 3. The summed E-state index contributed by atoms with van der Waals surface area (Å²) in [4.78, 5) is 0. The van der Waals surface area contributed by atoms with Gasteiger partial charge in [0.25, 0.3) is 0 Å². The molecular formula is C16H12O. The van der Waals surface area contributed by atoms with Crippen molar-refractivity contribution < 1.29 is 5.11 Å². The summed E-state index contributed by atoms with van der Waals surface area (Å²) < 4.78 is 0. The predicted molar refractivity (Wildman–Crippen MR) is 71.6 cm³/mol. The van der Waals surface area contributed by atoms with Crippen molar-refractivity contribution in [2.75, 3.05) is 0 Å². The molecular weight excluding hydrogens is 208 g/mol. The third kappa shape index (κ3) is 1.66. The van der Waals surface area contributed by atoms with Gasteiger partial charge in [-0.25, -0.2) is 0 Å². The minimum absolute atomic E-state index is 0.329. The fourth-order valence-electron chi connectivity index (χ4n) is 2.18. The smallest absolute Gasteiger partial charge is 0.124 e. The maximum Gasteiger partial charge on any atom is 0.124 e. The largest absolute Gasteiger partial charge is 0.507 e. The van der Waals surface area contributed by atoms with Crippen molar-refractivity contribution in [1.29, 1.82) is 0 Å². The lowest BCUT2D eigenvalue weighted by atomic mass is 9.93. The molecule has 0 atom stereocenters. The number of allylic oxidation sites excluding steroid dienone is 2. The Morgan fingerprint density at radius 1 is 0.706 bits per heavy atom. The number of benzene rings is 2. The van der Waals surface area contributed by atoms with E-state index in [4.69, 9.17) is 0 Å². The van der Waals surface area contributed by atoms with Crippen LogP contribution in [0.3, 0.4) is 0 Å². The number of phenols is 1. The Kier molecular flexibility index (Phi) is 2.30. The van der Waals surface area contributed by atoms with Gasteiger partial charge in [-0.05, 0) is 22.8 Å². The summed E-state index contributed by atoms with van der Waals surface area (Å²) in [6.45, 7) is 0.